The van der Waals surface area contributed by atoms with Crippen molar-refractivity contribution < 1.29 is 42.1 Å². The first kappa shape index (κ1) is 92.2. The predicted molar refractivity (Wildman–Crippen MR) is 415 cm³/mol. The standard InChI is InChI=1S/C86H150NO8P/c1-6-8-10-12-14-16-18-20-22-24-26-28-30-32-34-36-38-39-40-41-42-43-44-45-46-47-49-51-53-55-57-59-61-63-65-67-69-71-73-75-77-79-86(89)95-84(83-94-96(90,91)93-81-80-87(3,4)5)82-92-85(88)78-76-74-72-70-68-66-64-62-60-58-56-54-52-50-48-37-35-33-31-29-27-25-23-21-19-17-15-13-11-9-7-2/h8-11,14-17,20-23,26-29,32-35,38-39,84H,6-7,12-13,18-19,24-25,30-31,36-37,40-83H2,1-5H3/b10-8-,11-9-,16-14-,17-15-,22-20-,23-21-,28-26-,29-27-,34-32-,35-33-,39-38-. The highest BCUT2D eigenvalue weighted by Crippen LogP contribution is 2.38. The van der Waals surface area contributed by atoms with Gasteiger partial charge in [0.25, 0.3) is 7.82 Å². The van der Waals surface area contributed by atoms with Crippen LogP contribution in [0.3, 0.4) is 0 Å². The number of allylic oxidation sites excluding steroid dienone is 22. The highest BCUT2D eigenvalue weighted by molar-refractivity contribution is 7.45. The Morgan fingerprint density at radius 1 is 0.323 bits per heavy atom. The molecule has 0 bridgehead atoms. The molecule has 0 aromatic heterocycles. The number of phosphoric acid groups is 1. The van der Waals surface area contributed by atoms with Gasteiger partial charge >= 0.3 is 11.9 Å². The van der Waals surface area contributed by atoms with Gasteiger partial charge in [0.1, 0.15) is 19.8 Å². The van der Waals surface area contributed by atoms with Gasteiger partial charge in [0.15, 0.2) is 6.10 Å². The number of carbonyl (C=O) groups is 2. The number of rotatable bonds is 73. The highest BCUT2D eigenvalue weighted by atomic mass is 31.2. The van der Waals surface area contributed by atoms with Crippen molar-refractivity contribution in [3.63, 3.8) is 0 Å². The Kier molecular flexibility index (Phi) is 72.3. The maximum atomic E-state index is 12.9. The summed E-state index contributed by atoms with van der Waals surface area (Å²) < 4.78 is 34.4. The number of hydrogen-bond acceptors (Lipinski definition) is 8. The van der Waals surface area contributed by atoms with Gasteiger partial charge in [0, 0.05) is 12.8 Å². The molecule has 9 nitrogen and oxygen atoms in total. The van der Waals surface area contributed by atoms with E-state index in [9.17, 15) is 19.0 Å². The first-order valence-electron chi connectivity index (χ1n) is 39.9. The van der Waals surface area contributed by atoms with E-state index in [1.54, 1.807) is 0 Å². The summed E-state index contributed by atoms with van der Waals surface area (Å²) in [5, 5.41) is 0. The number of quaternary nitrogens is 1. The summed E-state index contributed by atoms with van der Waals surface area (Å²) in [5.74, 6) is -0.822. The monoisotopic (exact) mass is 1360 g/mol. The molecule has 552 valence electrons. The summed E-state index contributed by atoms with van der Waals surface area (Å²) >= 11 is 0. The second-order valence-corrected chi connectivity index (χ2v) is 29.1. The molecular formula is C86H150NO8P. The van der Waals surface area contributed by atoms with E-state index in [2.05, 4.69) is 148 Å². The van der Waals surface area contributed by atoms with Crippen molar-refractivity contribution in [2.45, 2.75) is 354 Å². The second-order valence-electron chi connectivity index (χ2n) is 27.7. The Bertz CT molecular complexity index is 2090. The molecule has 0 amide bonds. The SMILES string of the molecule is CC/C=C\C/C=C\C/C=C\C/C=C\C/C=C\C/C=C\CCCCCCCCCCCCCCCCCCCCCCCCC(=O)OC(COC(=O)CCCCCCCCCCCCCCCCC/C=C\C/C=C\C/C=C\C/C=C\C/C=C\CC)COP(=O)([O-])OCC[N+](C)(C)C. The van der Waals surface area contributed by atoms with Crippen molar-refractivity contribution in [2.24, 2.45) is 0 Å². The van der Waals surface area contributed by atoms with Crippen molar-refractivity contribution in [2.75, 3.05) is 47.5 Å². The van der Waals surface area contributed by atoms with Gasteiger partial charge in [0.05, 0.1) is 27.7 Å². The van der Waals surface area contributed by atoms with Crippen molar-refractivity contribution in [1.29, 1.82) is 0 Å². The summed E-state index contributed by atoms with van der Waals surface area (Å²) in [7, 11) is 1.17. The summed E-state index contributed by atoms with van der Waals surface area (Å²) in [5.41, 5.74) is 0. The summed E-state index contributed by atoms with van der Waals surface area (Å²) in [6.45, 7) is 4.05. The average molecular weight is 1360 g/mol. The molecule has 0 aliphatic rings. The third kappa shape index (κ3) is 79.1. The maximum Gasteiger partial charge on any atom is 0.306 e. The minimum atomic E-state index is -4.65. The third-order valence-corrected chi connectivity index (χ3v) is 18.1. The zero-order chi connectivity index (χ0) is 69.7. The van der Waals surface area contributed by atoms with E-state index < -0.39 is 26.5 Å². The van der Waals surface area contributed by atoms with Crippen LogP contribution < -0.4 is 4.89 Å². The van der Waals surface area contributed by atoms with E-state index in [4.69, 9.17) is 18.5 Å². The smallest absolute Gasteiger partial charge is 0.306 e. The number of nitrogens with zero attached hydrogens (tertiary/aromatic N) is 1. The summed E-state index contributed by atoms with van der Waals surface area (Å²) in [6.07, 6.45) is 110. The Labute approximate surface area is 593 Å². The first-order chi connectivity index (χ1) is 47.0. The molecule has 0 aliphatic heterocycles. The second kappa shape index (κ2) is 75.4. The summed E-state index contributed by atoms with van der Waals surface area (Å²) in [4.78, 5) is 38.2. The molecule has 0 heterocycles. The van der Waals surface area contributed by atoms with Gasteiger partial charge in [-0.3, -0.25) is 14.2 Å². The van der Waals surface area contributed by atoms with E-state index in [0.29, 0.717) is 17.4 Å². The lowest BCUT2D eigenvalue weighted by molar-refractivity contribution is -0.870. The molecule has 0 fully saturated rings. The molecule has 0 saturated carbocycles. The van der Waals surface area contributed by atoms with Crippen LogP contribution >= 0.6 is 7.82 Å². The highest BCUT2D eigenvalue weighted by Gasteiger charge is 2.22. The number of ether oxygens (including phenoxy) is 2. The number of phosphoric ester groups is 1. The molecule has 0 radical (unpaired) electrons. The number of esters is 2. The molecule has 0 spiro atoms. The van der Waals surface area contributed by atoms with Crippen LogP contribution in [0.15, 0.2) is 134 Å². The molecule has 0 saturated heterocycles. The lowest BCUT2D eigenvalue weighted by Crippen LogP contribution is -2.37. The minimum Gasteiger partial charge on any atom is -0.756 e. The average Bonchev–Trinajstić information content (AvgIpc) is 2.54. The maximum absolute atomic E-state index is 12.9. The Hall–Kier alpha value is -3.85. The van der Waals surface area contributed by atoms with Crippen LogP contribution in [0.25, 0.3) is 0 Å². The predicted octanol–water partition coefficient (Wildman–Crippen LogP) is 26.1. The van der Waals surface area contributed by atoms with E-state index in [1.807, 2.05) is 21.1 Å². The van der Waals surface area contributed by atoms with Crippen LogP contribution in [0.2, 0.25) is 0 Å². The first-order valence-corrected chi connectivity index (χ1v) is 41.4. The van der Waals surface area contributed by atoms with Crippen molar-refractivity contribution >= 4 is 19.8 Å². The van der Waals surface area contributed by atoms with Crippen molar-refractivity contribution in [3.05, 3.63) is 134 Å². The fourth-order valence-electron chi connectivity index (χ4n) is 11.2. The van der Waals surface area contributed by atoms with E-state index in [1.165, 1.54) is 205 Å². The number of likely N-dealkylation sites (N-methyl/N-ethyl adjacent to an activating group) is 1. The molecule has 0 aliphatic carbocycles. The molecule has 96 heavy (non-hydrogen) atoms. The van der Waals surface area contributed by atoms with Gasteiger partial charge < -0.3 is 27.9 Å². The van der Waals surface area contributed by atoms with Gasteiger partial charge in [-0.25, -0.2) is 0 Å². The third-order valence-electron chi connectivity index (χ3n) is 17.2. The normalized spacial score (nSPS) is 13.8. The Morgan fingerprint density at radius 2 is 0.562 bits per heavy atom. The van der Waals surface area contributed by atoms with Crippen LogP contribution in [-0.4, -0.2) is 70.0 Å². The van der Waals surface area contributed by atoms with Gasteiger partial charge in [-0.05, 0) is 109 Å². The minimum absolute atomic E-state index is 0.0330. The zero-order valence-corrected chi connectivity index (χ0v) is 63.9. The lowest BCUT2D eigenvalue weighted by atomic mass is 10.0. The lowest BCUT2D eigenvalue weighted by Gasteiger charge is -2.28. The quantitative estimate of drug-likeness (QED) is 0.0195. The number of hydrogen-bond donors (Lipinski definition) is 0. The topological polar surface area (TPSA) is 111 Å². The number of carbonyl (C=O) groups excluding carboxylic acids is 2. The van der Waals surface area contributed by atoms with Crippen LogP contribution in [0.1, 0.15) is 348 Å². The van der Waals surface area contributed by atoms with E-state index in [0.717, 1.165) is 109 Å². The summed E-state index contributed by atoms with van der Waals surface area (Å²) in [6, 6.07) is 0. The van der Waals surface area contributed by atoms with Crippen LogP contribution in [0.5, 0.6) is 0 Å². The van der Waals surface area contributed by atoms with Crippen LogP contribution in [0.4, 0.5) is 0 Å². The molecule has 2 unspecified atom stereocenters. The molecule has 0 aromatic carbocycles. The molecule has 0 rings (SSSR count). The fraction of sp³-hybridized carbons (Fsp3) is 0.721. The van der Waals surface area contributed by atoms with Crippen LogP contribution in [0, 0.1) is 0 Å². The van der Waals surface area contributed by atoms with E-state index >= 15 is 0 Å². The van der Waals surface area contributed by atoms with Gasteiger partial charge in [-0.2, -0.15) is 0 Å². The molecule has 0 N–H and O–H groups in total. The number of unbranched alkanes of at least 4 members (excludes halogenated alkanes) is 37. The van der Waals surface area contributed by atoms with Crippen molar-refractivity contribution in [1.82, 2.24) is 0 Å². The molecule has 10 heteroatoms. The van der Waals surface area contributed by atoms with E-state index in [-0.39, 0.29) is 32.0 Å². The fourth-order valence-corrected chi connectivity index (χ4v) is 11.9. The van der Waals surface area contributed by atoms with Gasteiger partial charge in [0.2, 0.25) is 0 Å². The van der Waals surface area contributed by atoms with Crippen LogP contribution in [-0.2, 0) is 32.7 Å². The zero-order valence-electron chi connectivity index (χ0n) is 63.0. The Morgan fingerprint density at radius 3 is 0.833 bits per heavy atom. The Balaban J connectivity index is 3.95. The van der Waals surface area contributed by atoms with Gasteiger partial charge in [-0.15, -0.1) is 0 Å². The largest absolute Gasteiger partial charge is 0.756 e. The van der Waals surface area contributed by atoms with Gasteiger partial charge in [-0.1, -0.05) is 359 Å². The molecular weight excluding hydrogens is 1210 g/mol. The van der Waals surface area contributed by atoms with Crippen molar-refractivity contribution in [3.8, 4) is 0 Å². The molecule has 2 atom stereocenters. The molecule has 0 aromatic rings.